The van der Waals surface area contributed by atoms with Gasteiger partial charge in [0.05, 0.1) is 10.8 Å². The van der Waals surface area contributed by atoms with E-state index in [9.17, 15) is 18.0 Å². The van der Waals surface area contributed by atoms with Crippen LogP contribution in [0.3, 0.4) is 0 Å². The highest BCUT2D eigenvalue weighted by molar-refractivity contribution is 7.90. The maximum absolute atomic E-state index is 12.3. The Morgan fingerprint density at radius 1 is 1.04 bits per heavy atom. The SMILES string of the molecule is O=C(NS(=O)(=O)c1ccccc1)C1CCCN(C(=O)C2CC2)C1. The third-order valence-electron chi connectivity index (χ3n) is 4.32. The molecule has 124 valence electrons. The molecule has 1 saturated carbocycles. The van der Waals surface area contributed by atoms with Crippen LogP contribution in [0, 0.1) is 11.8 Å². The van der Waals surface area contributed by atoms with E-state index in [0.717, 1.165) is 19.3 Å². The van der Waals surface area contributed by atoms with E-state index in [4.69, 9.17) is 0 Å². The summed E-state index contributed by atoms with van der Waals surface area (Å²) in [5.74, 6) is -0.773. The van der Waals surface area contributed by atoms with Crippen LogP contribution < -0.4 is 4.72 Å². The van der Waals surface area contributed by atoms with Gasteiger partial charge in [-0.25, -0.2) is 13.1 Å². The number of benzene rings is 1. The summed E-state index contributed by atoms with van der Waals surface area (Å²) in [6, 6.07) is 7.81. The number of sulfonamides is 1. The summed E-state index contributed by atoms with van der Waals surface area (Å²) in [4.78, 5) is 26.2. The predicted octanol–water partition coefficient (Wildman–Crippen LogP) is 1.14. The number of nitrogens with zero attached hydrogens (tertiary/aromatic N) is 1. The van der Waals surface area contributed by atoms with Gasteiger partial charge in [0.25, 0.3) is 10.0 Å². The Balaban J connectivity index is 1.64. The molecule has 0 aromatic heterocycles. The quantitative estimate of drug-likeness (QED) is 0.894. The molecule has 1 aliphatic heterocycles. The van der Waals surface area contributed by atoms with Gasteiger partial charge in [0.1, 0.15) is 0 Å². The van der Waals surface area contributed by atoms with Crippen molar-refractivity contribution in [3.63, 3.8) is 0 Å². The minimum atomic E-state index is -3.85. The number of piperidine rings is 1. The highest BCUT2D eigenvalue weighted by atomic mass is 32.2. The molecule has 2 amide bonds. The Morgan fingerprint density at radius 2 is 1.74 bits per heavy atom. The predicted molar refractivity (Wildman–Crippen MR) is 83.8 cm³/mol. The smallest absolute Gasteiger partial charge is 0.264 e. The van der Waals surface area contributed by atoms with Crippen LogP contribution in [0.1, 0.15) is 25.7 Å². The Labute approximate surface area is 135 Å². The van der Waals surface area contributed by atoms with E-state index in [1.807, 2.05) is 0 Å². The monoisotopic (exact) mass is 336 g/mol. The second kappa shape index (κ2) is 6.31. The molecule has 1 aliphatic carbocycles. The number of hydrogen-bond acceptors (Lipinski definition) is 4. The highest BCUT2D eigenvalue weighted by Crippen LogP contribution is 2.32. The highest BCUT2D eigenvalue weighted by Gasteiger charge is 2.37. The molecule has 0 bridgehead atoms. The molecular formula is C16H20N2O4S. The van der Waals surface area contributed by atoms with E-state index in [1.54, 1.807) is 23.1 Å². The van der Waals surface area contributed by atoms with Gasteiger partial charge in [-0.05, 0) is 37.8 Å². The average molecular weight is 336 g/mol. The first kappa shape index (κ1) is 16.0. The number of rotatable bonds is 4. The first-order chi connectivity index (χ1) is 11.0. The third-order valence-corrected chi connectivity index (χ3v) is 5.68. The maximum Gasteiger partial charge on any atom is 0.264 e. The number of nitrogens with one attached hydrogen (secondary N) is 1. The number of carbonyl (C=O) groups excluding carboxylic acids is 2. The summed E-state index contributed by atoms with van der Waals surface area (Å²) >= 11 is 0. The molecule has 0 radical (unpaired) electrons. The van der Waals surface area contributed by atoms with E-state index in [-0.39, 0.29) is 16.7 Å². The van der Waals surface area contributed by atoms with Crippen molar-refractivity contribution in [3.8, 4) is 0 Å². The van der Waals surface area contributed by atoms with Crippen molar-refractivity contribution < 1.29 is 18.0 Å². The Morgan fingerprint density at radius 3 is 2.39 bits per heavy atom. The Hall–Kier alpha value is -1.89. The number of carbonyl (C=O) groups is 2. The molecule has 2 fully saturated rings. The molecule has 7 heteroatoms. The number of likely N-dealkylation sites (tertiary alicyclic amines) is 1. The molecule has 1 aromatic rings. The van der Waals surface area contributed by atoms with Crippen LogP contribution in [0.2, 0.25) is 0 Å². The summed E-state index contributed by atoms with van der Waals surface area (Å²) in [7, 11) is -3.85. The van der Waals surface area contributed by atoms with Crippen molar-refractivity contribution in [3.05, 3.63) is 30.3 Å². The van der Waals surface area contributed by atoms with Gasteiger partial charge in [0.15, 0.2) is 0 Å². The molecule has 6 nitrogen and oxygen atoms in total. The molecule has 1 N–H and O–H groups in total. The minimum Gasteiger partial charge on any atom is -0.342 e. The maximum atomic E-state index is 12.3. The Kier molecular flexibility index (Phi) is 4.39. The summed E-state index contributed by atoms with van der Waals surface area (Å²) in [6.45, 7) is 0.968. The second-order valence-electron chi connectivity index (χ2n) is 6.18. The lowest BCUT2D eigenvalue weighted by Crippen LogP contribution is -2.47. The number of amides is 2. The van der Waals surface area contributed by atoms with E-state index in [2.05, 4.69) is 4.72 Å². The lowest BCUT2D eigenvalue weighted by atomic mass is 9.97. The zero-order valence-electron chi connectivity index (χ0n) is 12.8. The van der Waals surface area contributed by atoms with Crippen LogP contribution in [0.15, 0.2) is 35.2 Å². The Bertz CT molecular complexity index is 698. The number of hydrogen-bond donors (Lipinski definition) is 1. The van der Waals surface area contributed by atoms with Crippen molar-refractivity contribution in [1.29, 1.82) is 0 Å². The van der Waals surface area contributed by atoms with Crippen LogP contribution in [-0.4, -0.2) is 38.2 Å². The van der Waals surface area contributed by atoms with Gasteiger partial charge in [-0.1, -0.05) is 18.2 Å². The van der Waals surface area contributed by atoms with Gasteiger partial charge in [-0.3, -0.25) is 9.59 Å². The first-order valence-electron chi connectivity index (χ1n) is 7.88. The van der Waals surface area contributed by atoms with E-state index in [1.165, 1.54) is 12.1 Å². The van der Waals surface area contributed by atoms with Crippen molar-refractivity contribution >= 4 is 21.8 Å². The molecule has 1 aromatic carbocycles. The van der Waals surface area contributed by atoms with Crippen LogP contribution in [-0.2, 0) is 19.6 Å². The zero-order chi connectivity index (χ0) is 16.4. The standard InChI is InChI=1S/C16H20N2O4S/c19-15(17-23(21,22)14-6-2-1-3-7-14)13-5-4-10-18(11-13)16(20)12-8-9-12/h1-3,6-7,12-13H,4-5,8-11H2,(H,17,19). The lowest BCUT2D eigenvalue weighted by molar-refractivity contribution is -0.136. The van der Waals surface area contributed by atoms with Crippen LogP contribution >= 0.6 is 0 Å². The third kappa shape index (κ3) is 3.72. The minimum absolute atomic E-state index is 0.0649. The summed E-state index contributed by atoms with van der Waals surface area (Å²) < 4.78 is 26.6. The molecule has 1 heterocycles. The molecule has 2 aliphatic rings. The molecule has 1 unspecified atom stereocenters. The lowest BCUT2D eigenvalue weighted by Gasteiger charge is -2.32. The topological polar surface area (TPSA) is 83.6 Å². The second-order valence-corrected chi connectivity index (χ2v) is 7.86. The first-order valence-corrected chi connectivity index (χ1v) is 9.36. The normalized spacial score (nSPS) is 21.7. The van der Waals surface area contributed by atoms with Crippen molar-refractivity contribution in [2.75, 3.05) is 13.1 Å². The largest absolute Gasteiger partial charge is 0.342 e. The van der Waals surface area contributed by atoms with E-state index in [0.29, 0.717) is 19.5 Å². The molecule has 1 saturated heterocycles. The van der Waals surface area contributed by atoms with Crippen LogP contribution in [0.5, 0.6) is 0 Å². The molecular weight excluding hydrogens is 316 g/mol. The molecule has 0 spiro atoms. The van der Waals surface area contributed by atoms with E-state index < -0.39 is 21.8 Å². The van der Waals surface area contributed by atoms with Gasteiger partial charge in [0, 0.05) is 19.0 Å². The van der Waals surface area contributed by atoms with Gasteiger partial charge in [-0.2, -0.15) is 0 Å². The van der Waals surface area contributed by atoms with E-state index >= 15 is 0 Å². The summed E-state index contributed by atoms with van der Waals surface area (Å²) in [6.07, 6.45) is 3.18. The van der Waals surface area contributed by atoms with Gasteiger partial charge in [-0.15, -0.1) is 0 Å². The van der Waals surface area contributed by atoms with Gasteiger partial charge < -0.3 is 4.90 Å². The van der Waals surface area contributed by atoms with Gasteiger partial charge in [0.2, 0.25) is 11.8 Å². The fraction of sp³-hybridized carbons (Fsp3) is 0.500. The average Bonchev–Trinajstić information content (AvgIpc) is 3.40. The van der Waals surface area contributed by atoms with Gasteiger partial charge >= 0.3 is 0 Å². The molecule has 3 rings (SSSR count). The fourth-order valence-corrected chi connectivity index (χ4v) is 3.92. The fourth-order valence-electron chi connectivity index (χ4n) is 2.85. The summed E-state index contributed by atoms with van der Waals surface area (Å²) in [5.41, 5.74) is 0. The summed E-state index contributed by atoms with van der Waals surface area (Å²) in [5, 5.41) is 0. The zero-order valence-corrected chi connectivity index (χ0v) is 13.6. The van der Waals surface area contributed by atoms with Crippen molar-refractivity contribution in [2.24, 2.45) is 11.8 Å². The van der Waals surface area contributed by atoms with Crippen LogP contribution in [0.4, 0.5) is 0 Å². The van der Waals surface area contributed by atoms with Crippen molar-refractivity contribution in [2.45, 2.75) is 30.6 Å². The molecule has 23 heavy (non-hydrogen) atoms. The van der Waals surface area contributed by atoms with Crippen LogP contribution in [0.25, 0.3) is 0 Å². The molecule has 1 atom stereocenters. The van der Waals surface area contributed by atoms with Crippen molar-refractivity contribution in [1.82, 2.24) is 9.62 Å².